The van der Waals surface area contributed by atoms with Gasteiger partial charge in [0.25, 0.3) is 5.91 Å². The van der Waals surface area contributed by atoms with Gasteiger partial charge in [-0.15, -0.1) is 0 Å². The predicted octanol–water partition coefficient (Wildman–Crippen LogP) is -1.39. The number of imide groups is 1. The molecule has 0 spiro atoms. The van der Waals surface area contributed by atoms with Gasteiger partial charge < -0.3 is 4.74 Å². The predicted molar refractivity (Wildman–Crippen MR) is 53.4 cm³/mol. The van der Waals surface area contributed by atoms with E-state index in [2.05, 4.69) is 5.32 Å². The highest BCUT2D eigenvalue weighted by molar-refractivity contribution is 6.05. The molecule has 1 N–H and O–H groups in total. The Morgan fingerprint density at radius 2 is 2.07 bits per heavy atom. The minimum atomic E-state index is -0.711. The normalized spacial score (nSPS) is 19.9. The van der Waals surface area contributed by atoms with E-state index in [0.717, 1.165) is 0 Å². The second kappa shape index (κ2) is 4.29. The second-order valence-electron chi connectivity index (χ2n) is 3.79. The number of rotatable bonds is 1. The van der Waals surface area contributed by atoms with Crippen molar-refractivity contribution in [3.05, 3.63) is 0 Å². The van der Waals surface area contributed by atoms with Gasteiger partial charge in [-0.3, -0.25) is 14.9 Å². The van der Waals surface area contributed by atoms with E-state index in [4.69, 9.17) is 4.74 Å². The molecular weight excluding hydrogens is 198 g/mol. The van der Waals surface area contributed by atoms with Crippen LogP contribution in [0.2, 0.25) is 0 Å². The topological polar surface area (TPSA) is 61.6 Å². The molecule has 0 bridgehead atoms. The first-order valence-electron chi connectivity index (χ1n) is 4.63. The van der Waals surface area contributed by atoms with Crippen molar-refractivity contribution in [3.8, 4) is 0 Å². The van der Waals surface area contributed by atoms with E-state index >= 15 is 0 Å². The van der Waals surface area contributed by atoms with Crippen LogP contribution in [0, 0.1) is 0 Å². The minimum Gasteiger partial charge on any atom is -0.418 e. The molecule has 0 aromatic rings. The van der Waals surface area contributed by atoms with Crippen molar-refractivity contribution >= 4 is 17.8 Å². The maximum Gasteiger partial charge on any atom is 0.446 e. The van der Waals surface area contributed by atoms with Gasteiger partial charge in [-0.1, -0.05) is 0 Å². The molecule has 2 amide bonds. The van der Waals surface area contributed by atoms with Gasteiger partial charge in [-0.05, 0) is 0 Å². The molecule has 0 aromatic heterocycles. The first-order valence-corrected chi connectivity index (χ1v) is 4.63. The second-order valence-corrected chi connectivity index (χ2v) is 3.79. The summed E-state index contributed by atoms with van der Waals surface area (Å²) in [6.45, 7) is 0. The van der Waals surface area contributed by atoms with Crippen molar-refractivity contribution in [3.63, 3.8) is 0 Å². The average Bonchev–Trinajstić information content (AvgIpc) is 2.39. The average molecular weight is 214 g/mol. The number of amidine groups is 1. The van der Waals surface area contributed by atoms with Gasteiger partial charge in [-0.25, -0.2) is 9.48 Å². The molecule has 15 heavy (non-hydrogen) atoms. The molecule has 1 saturated heterocycles. The van der Waals surface area contributed by atoms with Crippen LogP contribution in [0.15, 0.2) is 0 Å². The molecule has 1 fully saturated rings. The zero-order valence-corrected chi connectivity index (χ0v) is 9.40. The SMILES string of the molecule is CN(C)C(OC1CC(=O)NC1=O)=[N+](C)C. The van der Waals surface area contributed by atoms with Gasteiger partial charge in [0.2, 0.25) is 5.91 Å². The number of amides is 2. The van der Waals surface area contributed by atoms with Crippen LogP contribution < -0.4 is 5.32 Å². The van der Waals surface area contributed by atoms with Crippen molar-refractivity contribution < 1.29 is 18.9 Å². The number of ether oxygens (including phenoxy) is 1. The van der Waals surface area contributed by atoms with Crippen LogP contribution in [-0.2, 0) is 14.3 Å². The number of hydrogen-bond acceptors (Lipinski definition) is 3. The molecule has 84 valence electrons. The first kappa shape index (κ1) is 11.5. The van der Waals surface area contributed by atoms with Gasteiger partial charge in [0.05, 0.1) is 34.6 Å². The minimum absolute atomic E-state index is 0.0873. The summed E-state index contributed by atoms with van der Waals surface area (Å²) >= 11 is 0. The standard InChI is InChI=1S/C9H15N3O3/c1-11(2)9(12(3)4)15-6-5-7(13)10-8(6)14/h6H,5H2,1-4H3/p+1. The lowest BCUT2D eigenvalue weighted by molar-refractivity contribution is -0.481. The smallest absolute Gasteiger partial charge is 0.418 e. The van der Waals surface area contributed by atoms with Crippen LogP contribution in [0.25, 0.3) is 0 Å². The van der Waals surface area contributed by atoms with Crippen molar-refractivity contribution in [1.82, 2.24) is 10.2 Å². The summed E-state index contributed by atoms with van der Waals surface area (Å²) in [6, 6.07) is 0.546. The lowest BCUT2D eigenvalue weighted by Crippen LogP contribution is -2.38. The van der Waals surface area contributed by atoms with Gasteiger partial charge in [-0.2, -0.15) is 0 Å². The lowest BCUT2D eigenvalue weighted by Gasteiger charge is -2.14. The molecule has 1 rings (SSSR count). The van der Waals surface area contributed by atoms with Crippen molar-refractivity contribution in [2.24, 2.45) is 0 Å². The Labute approximate surface area is 88.5 Å². The summed E-state index contributed by atoms with van der Waals surface area (Å²) < 4.78 is 7.20. The summed E-state index contributed by atoms with van der Waals surface area (Å²) in [6.07, 6.45) is -0.624. The van der Waals surface area contributed by atoms with Crippen LogP contribution in [0.1, 0.15) is 6.42 Å². The van der Waals surface area contributed by atoms with Crippen molar-refractivity contribution in [2.75, 3.05) is 28.2 Å². The summed E-state index contributed by atoms with van der Waals surface area (Å²) in [4.78, 5) is 23.9. The van der Waals surface area contributed by atoms with E-state index < -0.39 is 6.10 Å². The molecule has 1 atom stereocenters. The highest BCUT2D eigenvalue weighted by Crippen LogP contribution is 2.07. The highest BCUT2D eigenvalue weighted by atomic mass is 16.5. The highest BCUT2D eigenvalue weighted by Gasteiger charge is 2.35. The van der Waals surface area contributed by atoms with E-state index in [1.54, 1.807) is 9.48 Å². The maximum absolute atomic E-state index is 11.3. The van der Waals surface area contributed by atoms with Gasteiger partial charge in [0, 0.05) is 0 Å². The Bertz CT molecular complexity index is 319. The van der Waals surface area contributed by atoms with E-state index in [-0.39, 0.29) is 18.2 Å². The largest absolute Gasteiger partial charge is 0.446 e. The molecule has 1 aliphatic rings. The van der Waals surface area contributed by atoms with Crippen LogP contribution in [-0.4, -0.2) is 61.6 Å². The third kappa shape index (κ3) is 2.68. The quantitative estimate of drug-likeness (QED) is 0.253. The number of hydrogen-bond donors (Lipinski definition) is 1. The fourth-order valence-corrected chi connectivity index (χ4v) is 1.36. The Morgan fingerprint density at radius 3 is 2.40 bits per heavy atom. The molecule has 0 aromatic carbocycles. The Hall–Kier alpha value is -1.59. The third-order valence-electron chi connectivity index (χ3n) is 1.94. The first-order chi connectivity index (χ1) is 6.91. The third-order valence-corrected chi connectivity index (χ3v) is 1.94. The summed E-state index contributed by atoms with van der Waals surface area (Å²) in [5.41, 5.74) is 0. The molecule has 1 unspecified atom stereocenters. The number of nitrogens with one attached hydrogen (secondary N) is 1. The summed E-state index contributed by atoms with van der Waals surface area (Å²) in [7, 11) is 7.24. The van der Waals surface area contributed by atoms with Crippen LogP contribution in [0.4, 0.5) is 0 Å². The number of carbonyl (C=O) groups excluding carboxylic acids is 2. The van der Waals surface area contributed by atoms with Crippen LogP contribution in [0.3, 0.4) is 0 Å². The summed E-state index contributed by atoms with van der Waals surface area (Å²) in [5.74, 6) is -0.664. The Morgan fingerprint density at radius 1 is 1.47 bits per heavy atom. The van der Waals surface area contributed by atoms with E-state index in [1.165, 1.54) is 0 Å². The molecule has 1 aliphatic heterocycles. The van der Waals surface area contributed by atoms with Gasteiger partial charge in [0.1, 0.15) is 0 Å². The fourth-order valence-electron chi connectivity index (χ4n) is 1.36. The summed E-state index contributed by atoms with van der Waals surface area (Å²) in [5, 5.41) is 2.20. The molecule has 0 saturated carbocycles. The van der Waals surface area contributed by atoms with Crippen LogP contribution in [0.5, 0.6) is 0 Å². The molecule has 0 aliphatic carbocycles. The van der Waals surface area contributed by atoms with Gasteiger partial charge >= 0.3 is 6.02 Å². The van der Waals surface area contributed by atoms with E-state index in [0.29, 0.717) is 6.02 Å². The monoisotopic (exact) mass is 214 g/mol. The van der Waals surface area contributed by atoms with Crippen LogP contribution >= 0.6 is 0 Å². The zero-order chi connectivity index (χ0) is 11.6. The number of carbonyl (C=O) groups is 2. The number of nitrogens with zero attached hydrogens (tertiary/aromatic N) is 2. The molecule has 6 heteroatoms. The Balaban J connectivity index is 2.73. The Kier molecular flexibility index (Phi) is 3.28. The zero-order valence-electron chi connectivity index (χ0n) is 9.40. The van der Waals surface area contributed by atoms with Crippen molar-refractivity contribution in [2.45, 2.75) is 12.5 Å². The molecular formula is C9H16N3O3+. The van der Waals surface area contributed by atoms with Gasteiger partial charge in [0.15, 0.2) is 6.10 Å². The maximum atomic E-state index is 11.3. The lowest BCUT2D eigenvalue weighted by atomic mass is 10.3. The fraction of sp³-hybridized carbons (Fsp3) is 0.667. The molecule has 6 nitrogen and oxygen atoms in total. The van der Waals surface area contributed by atoms with Crippen molar-refractivity contribution in [1.29, 1.82) is 0 Å². The van der Waals surface area contributed by atoms with E-state index in [1.807, 2.05) is 28.2 Å². The van der Waals surface area contributed by atoms with E-state index in [9.17, 15) is 9.59 Å². The molecule has 1 heterocycles. The molecule has 0 radical (unpaired) electrons.